The number of nitrogens with zero attached hydrogens (tertiary/aromatic N) is 1. The summed E-state index contributed by atoms with van der Waals surface area (Å²) in [4.78, 5) is 26.7. The van der Waals surface area contributed by atoms with Gasteiger partial charge in [-0.2, -0.15) is 0 Å². The molecule has 19 heavy (non-hydrogen) atoms. The van der Waals surface area contributed by atoms with Crippen LogP contribution in [0.2, 0.25) is 5.15 Å². The summed E-state index contributed by atoms with van der Waals surface area (Å²) < 4.78 is 0.642. The fourth-order valence-corrected chi connectivity index (χ4v) is 2.37. The first-order valence-corrected chi connectivity index (χ1v) is 6.98. The quantitative estimate of drug-likeness (QED) is 0.802. The van der Waals surface area contributed by atoms with Crippen molar-refractivity contribution < 1.29 is 14.7 Å². The summed E-state index contributed by atoms with van der Waals surface area (Å²) >= 11 is 9.08. The Kier molecular flexibility index (Phi) is 4.42. The van der Waals surface area contributed by atoms with E-state index in [0.717, 1.165) is 12.8 Å². The van der Waals surface area contributed by atoms with Crippen molar-refractivity contribution in [3.05, 3.63) is 27.5 Å². The van der Waals surface area contributed by atoms with Gasteiger partial charge in [-0.1, -0.05) is 11.6 Å². The molecule has 0 aliphatic heterocycles. The van der Waals surface area contributed by atoms with E-state index in [1.165, 1.54) is 6.20 Å². The van der Waals surface area contributed by atoms with Crippen LogP contribution in [0, 0.1) is 5.92 Å². The van der Waals surface area contributed by atoms with Gasteiger partial charge < -0.3 is 10.4 Å². The predicted octanol–water partition coefficient (Wildman–Crippen LogP) is 2.48. The molecule has 5 nitrogen and oxygen atoms in total. The van der Waals surface area contributed by atoms with Gasteiger partial charge in [-0.25, -0.2) is 4.98 Å². The minimum absolute atomic E-state index is 0.0740. The molecular formula is C12H12BrClN2O3. The third-order valence-electron chi connectivity index (χ3n) is 2.95. The van der Waals surface area contributed by atoms with E-state index in [1.54, 1.807) is 6.07 Å². The number of carbonyl (C=O) groups is 2. The van der Waals surface area contributed by atoms with E-state index in [4.69, 9.17) is 16.7 Å². The van der Waals surface area contributed by atoms with Gasteiger partial charge in [0.15, 0.2) is 0 Å². The van der Waals surface area contributed by atoms with Crippen molar-refractivity contribution in [1.29, 1.82) is 0 Å². The Hall–Kier alpha value is -1.14. The highest BCUT2D eigenvalue weighted by Gasteiger charge is 2.34. The molecule has 1 saturated carbocycles. The number of aliphatic carboxylic acids is 1. The van der Waals surface area contributed by atoms with Gasteiger partial charge in [0, 0.05) is 16.7 Å². The van der Waals surface area contributed by atoms with Gasteiger partial charge in [-0.05, 0) is 40.8 Å². The molecule has 1 unspecified atom stereocenters. The molecule has 2 N–H and O–H groups in total. The molecule has 0 saturated heterocycles. The van der Waals surface area contributed by atoms with Crippen LogP contribution in [-0.4, -0.2) is 28.0 Å². The molecule has 1 atom stereocenters. The van der Waals surface area contributed by atoms with Crippen LogP contribution >= 0.6 is 27.5 Å². The van der Waals surface area contributed by atoms with Crippen LogP contribution in [0.1, 0.15) is 29.6 Å². The molecule has 0 bridgehead atoms. The van der Waals surface area contributed by atoms with Gasteiger partial charge in [-0.3, -0.25) is 9.59 Å². The van der Waals surface area contributed by atoms with Crippen LogP contribution in [0.3, 0.4) is 0 Å². The lowest BCUT2D eigenvalue weighted by molar-refractivity contribution is -0.137. The van der Waals surface area contributed by atoms with Crippen molar-refractivity contribution in [2.24, 2.45) is 5.92 Å². The number of amides is 1. The van der Waals surface area contributed by atoms with Crippen molar-refractivity contribution in [3.63, 3.8) is 0 Å². The second kappa shape index (κ2) is 5.88. The zero-order chi connectivity index (χ0) is 14.0. The average Bonchev–Trinajstić information content (AvgIpc) is 3.14. The van der Waals surface area contributed by atoms with E-state index in [2.05, 4.69) is 26.2 Å². The van der Waals surface area contributed by atoms with Gasteiger partial charge in [0.25, 0.3) is 5.91 Å². The van der Waals surface area contributed by atoms with Crippen LogP contribution in [0.4, 0.5) is 0 Å². The lowest BCUT2D eigenvalue weighted by Crippen LogP contribution is -2.38. The first-order chi connectivity index (χ1) is 8.97. The molecule has 1 aromatic rings. The Bertz CT molecular complexity index is 520. The first kappa shape index (κ1) is 14.3. The molecule has 1 aromatic heterocycles. The van der Waals surface area contributed by atoms with Gasteiger partial charge in [0.1, 0.15) is 5.15 Å². The SMILES string of the molecule is O=C(O)CC(NC(=O)c1cc(Br)cnc1Cl)C1CC1. The number of nitrogens with one attached hydrogen (secondary N) is 1. The van der Waals surface area contributed by atoms with Gasteiger partial charge >= 0.3 is 5.97 Å². The maximum atomic E-state index is 12.1. The second-order valence-corrected chi connectivity index (χ2v) is 5.78. The van der Waals surface area contributed by atoms with Gasteiger partial charge in [0.05, 0.1) is 12.0 Å². The molecule has 0 aromatic carbocycles. The molecule has 1 fully saturated rings. The normalized spacial score (nSPS) is 15.9. The molecule has 1 aliphatic carbocycles. The Labute approximate surface area is 123 Å². The fourth-order valence-electron chi connectivity index (χ4n) is 1.85. The fraction of sp³-hybridized carbons (Fsp3) is 0.417. The predicted molar refractivity (Wildman–Crippen MR) is 73.2 cm³/mol. The minimum atomic E-state index is -0.921. The number of pyridine rings is 1. The van der Waals surface area contributed by atoms with E-state index < -0.39 is 11.9 Å². The zero-order valence-corrected chi connectivity index (χ0v) is 12.2. The summed E-state index contributed by atoms with van der Waals surface area (Å²) in [5, 5.41) is 11.7. The Balaban J connectivity index is 2.10. The largest absolute Gasteiger partial charge is 0.481 e. The molecule has 2 rings (SSSR count). The number of hydrogen-bond acceptors (Lipinski definition) is 3. The summed E-state index contributed by atoms with van der Waals surface area (Å²) in [5.74, 6) is -1.06. The van der Waals surface area contributed by atoms with Crippen molar-refractivity contribution in [3.8, 4) is 0 Å². The molecule has 102 valence electrons. The van der Waals surface area contributed by atoms with E-state index >= 15 is 0 Å². The minimum Gasteiger partial charge on any atom is -0.481 e. The van der Waals surface area contributed by atoms with E-state index in [-0.39, 0.29) is 29.1 Å². The Morgan fingerprint density at radius 1 is 1.58 bits per heavy atom. The summed E-state index contributed by atoms with van der Waals surface area (Å²) in [5.41, 5.74) is 0.243. The highest BCUT2D eigenvalue weighted by Crippen LogP contribution is 2.34. The Morgan fingerprint density at radius 3 is 2.84 bits per heavy atom. The van der Waals surface area contributed by atoms with Crippen LogP contribution < -0.4 is 5.32 Å². The average molecular weight is 348 g/mol. The standard InChI is InChI=1S/C12H12BrClN2O3/c13-7-3-8(11(14)15-5-7)12(19)16-9(4-10(17)18)6-1-2-6/h3,5-6,9H,1-2,4H2,(H,16,19)(H,17,18). The van der Waals surface area contributed by atoms with Crippen molar-refractivity contribution in [1.82, 2.24) is 10.3 Å². The van der Waals surface area contributed by atoms with Gasteiger partial charge in [-0.15, -0.1) is 0 Å². The Morgan fingerprint density at radius 2 is 2.26 bits per heavy atom. The van der Waals surface area contributed by atoms with Crippen molar-refractivity contribution >= 4 is 39.4 Å². The van der Waals surface area contributed by atoms with E-state index in [9.17, 15) is 9.59 Å². The maximum Gasteiger partial charge on any atom is 0.305 e. The number of halogens is 2. The van der Waals surface area contributed by atoms with Crippen molar-refractivity contribution in [2.45, 2.75) is 25.3 Å². The smallest absolute Gasteiger partial charge is 0.305 e. The molecule has 1 aliphatic rings. The highest BCUT2D eigenvalue weighted by molar-refractivity contribution is 9.10. The second-order valence-electron chi connectivity index (χ2n) is 4.51. The molecule has 0 spiro atoms. The van der Waals surface area contributed by atoms with E-state index in [1.807, 2.05) is 0 Å². The summed E-state index contributed by atoms with van der Waals surface area (Å²) in [6.07, 6.45) is 3.32. The van der Waals surface area contributed by atoms with E-state index in [0.29, 0.717) is 4.47 Å². The lowest BCUT2D eigenvalue weighted by atomic mass is 10.1. The number of hydrogen-bond donors (Lipinski definition) is 2. The molecule has 1 heterocycles. The lowest BCUT2D eigenvalue weighted by Gasteiger charge is -2.16. The van der Waals surface area contributed by atoms with Crippen LogP contribution in [0.15, 0.2) is 16.7 Å². The molecular weight excluding hydrogens is 336 g/mol. The summed E-state index contributed by atoms with van der Waals surface area (Å²) in [6, 6.07) is 1.22. The zero-order valence-electron chi connectivity index (χ0n) is 9.90. The van der Waals surface area contributed by atoms with Crippen molar-refractivity contribution in [2.75, 3.05) is 0 Å². The number of carboxylic acids is 1. The number of carboxylic acid groups (broad SMARTS) is 1. The number of rotatable bonds is 5. The highest BCUT2D eigenvalue weighted by atomic mass is 79.9. The third kappa shape index (κ3) is 3.91. The molecule has 7 heteroatoms. The van der Waals surface area contributed by atoms with Crippen LogP contribution in [0.25, 0.3) is 0 Å². The molecule has 0 radical (unpaired) electrons. The maximum absolute atomic E-state index is 12.1. The number of aromatic nitrogens is 1. The summed E-state index contributed by atoms with van der Waals surface area (Å²) in [6.45, 7) is 0. The summed E-state index contributed by atoms with van der Waals surface area (Å²) in [7, 11) is 0. The monoisotopic (exact) mass is 346 g/mol. The van der Waals surface area contributed by atoms with Crippen LogP contribution in [-0.2, 0) is 4.79 Å². The van der Waals surface area contributed by atoms with Crippen LogP contribution in [0.5, 0.6) is 0 Å². The first-order valence-electron chi connectivity index (χ1n) is 5.81. The molecule has 1 amide bonds. The topological polar surface area (TPSA) is 79.3 Å². The van der Waals surface area contributed by atoms with Gasteiger partial charge in [0.2, 0.25) is 0 Å². The number of carbonyl (C=O) groups excluding carboxylic acids is 1. The third-order valence-corrected chi connectivity index (χ3v) is 3.69.